The molecule has 2 unspecified atom stereocenters. The van der Waals surface area contributed by atoms with E-state index in [0.717, 1.165) is 12.8 Å². The Morgan fingerprint density at radius 2 is 1.85 bits per heavy atom. The van der Waals surface area contributed by atoms with Crippen LogP contribution in [-0.4, -0.2) is 44.3 Å². The molecule has 2 atom stereocenters. The lowest BCUT2D eigenvalue weighted by molar-refractivity contribution is -0.126. The van der Waals surface area contributed by atoms with Gasteiger partial charge in [-0.25, -0.2) is 8.42 Å². The number of hydrogen-bond donors (Lipinski definition) is 2. The van der Waals surface area contributed by atoms with Crippen molar-refractivity contribution in [3.05, 3.63) is 34.9 Å². The van der Waals surface area contributed by atoms with Gasteiger partial charge in [-0.1, -0.05) is 18.2 Å². The Labute approximate surface area is 161 Å². The molecule has 0 aromatic heterocycles. The third-order valence-corrected chi connectivity index (χ3v) is 7.37. The number of rotatable bonds is 7. The molecule has 27 heavy (non-hydrogen) atoms. The fourth-order valence-corrected chi connectivity index (χ4v) is 5.36. The molecule has 148 valence electrons. The molecule has 2 aliphatic rings. The summed E-state index contributed by atoms with van der Waals surface area (Å²) < 4.78 is 22.9. The molecular formula is C20H28N2O4S. The second kappa shape index (κ2) is 8.00. The predicted molar refractivity (Wildman–Crippen MR) is 104 cm³/mol. The van der Waals surface area contributed by atoms with Crippen molar-refractivity contribution >= 4 is 21.7 Å². The van der Waals surface area contributed by atoms with Gasteiger partial charge >= 0.3 is 0 Å². The van der Waals surface area contributed by atoms with Crippen LogP contribution in [0, 0.1) is 19.8 Å². The maximum absolute atomic E-state index is 12.4. The summed E-state index contributed by atoms with van der Waals surface area (Å²) in [6.45, 7) is 4.04. The molecule has 1 aromatic carbocycles. The van der Waals surface area contributed by atoms with Crippen molar-refractivity contribution in [3.8, 4) is 0 Å². The molecule has 1 aliphatic carbocycles. The monoisotopic (exact) mass is 392 g/mol. The largest absolute Gasteiger partial charge is 0.351 e. The van der Waals surface area contributed by atoms with Gasteiger partial charge in [-0.15, -0.1) is 0 Å². The first-order valence-electron chi connectivity index (χ1n) is 9.57. The molecule has 0 bridgehead atoms. The van der Waals surface area contributed by atoms with Crippen molar-refractivity contribution in [1.29, 1.82) is 0 Å². The summed E-state index contributed by atoms with van der Waals surface area (Å²) >= 11 is 0. The van der Waals surface area contributed by atoms with Gasteiger partial charge in [0.1, 0.15) is 0 Å². The van der Waals surface area contributed by atoms with E-state index in [9.17, 15) is 18.0 Å². The van der Waals surface area contributed by atoms with Crippen LogP contribution in [0.5, 0.6) is 0 Å². The van der Waals surface area contributed by atoms with Gasteiger partial charge in [-0.05, 0) is 61.6 Å². The molecule has 0 spiro atoms. The van der Waals surface area contributed by atoms with Gasteiger partial charge in [0, 0.05) is 12.5 Å². The van der Waals surface area contributed by atoms with E-state index in [-0.39, 0.29) is 41.8 Å². The van der Waals surface area contributed by atoms with Crippen LogP contribution in [0.2, 0.25) is 0 Å². The molecule has 7 heteroatoms. The molecule has 1 aliphatic heterocycles. The number of hydrogen-bond acceptors (Lipinski definition) is 4. The summed E-state index contributed by atoms with van der Waals surface area (Å²) in [6.07, 6.45) is 3.10. The van der Waals surface area contributed by atoms with Crippen LogP contribution < -0.4 is 10.6 Å². The van der Waals surface area contributed by atoms with Crippen molar-refractivity contribution in [2.45, 2.75) is 51.5 Å². The van der Waals surface area contributed by atoms with Crippen LogP contribution in [0.4, 0.5) is 0 Å². The quantitative estimate of drug-likeness (QED) is 0.737. The van der Waals surface area contributed by atoms with Crippen LogP contribution in [0.3, 0.4) is 0 Å². The molecule has 1 saturated heterocycles. The lowest BCUT2D eigenvalue weighted by Gasteiger charge is -2.18. The van der Waals surface area contributed by atoms with E-state index < -0.39 is 9.84 Å². The number of amides is 2. The van der Waals surface area contributed by atoms with Crippen LogP contribution in [0.25, 0.3) is 0 Å². The maximum Gasteiger partial charge on any atom is 0.239 e. The zero-order valence-corrected chi connectivity index (χ0v) is 16.8. The lowest BCUT2D eigenvalue weighted by Crippen LogP contribution is -2.42. The number of carbonyl (C=O) groups is 2. The predicted octanol–water partition coefficient (Wildman–Crippen LogP) is 1.61. The average Bonchev–Trinajstić information content (AvgIpc) is 3.38. The van der Waals surface area contributed by atoms with Crippen LogP contribution in [-0.2, 0) is 19.4 Å². The zero-order chi connectivity index (χ0) is 19.6. The summed E-state index contributed by atoms with van der Waals surface area (Å²) in [4.78, 5) is 24.3. The topological polar surface area (TPSA) is 92.3 Å². The normalized spacial score (nSPS) is 22.2. The summed E-state index contributed by atoms with van der Waals surface area (Å²) in [5.41, 5.74) is 3.66. The van der Waals surface area contributed by atoms with Gasteiger partial charge in [-0.3, -0.25) is 9.59 Å². The fourth-order valence-electron chi connectivity index (χ4n) is 3.69. The first kappa shape index (κ1) is 19.9. The SMILES string of the molecule is Cc1ccc(C(CC(=O)NCC(=O)NC2CCS(=O)(=O)C2)C2CC2)cc1C. The van der Waals surface area contributed by atoms with E-state index in [2.05, 4.69) is 42.7 Å². The van der Waals surface area contributed by atoms with E-state index >= 15 is 0 Å². The molecule has 3 rings (SSSR count). The van der Waals surface area contributed by atoms with E-state index in [1.807, 2.05) is 0 Å². The third-order valence-electron chi connectivity index (χ3n) is 5.60. The Kier molecular flexibility index (Phi) is 5.89. The maximum atomic E-state index is 12.4. The van der Waals surface area contributed by atoms with Gasteiger partial charge in [0.2, 0.25) is 11.8 Å². The van der Waals surface area contributed by atoms with Crippen molar-refractivity contribution in [3.63, 3.8) is 0 Å². The van der Waals surface area contributed by atoms with E-state index in [4.69, 9.17) is 0 Å². The molecule has 2 N–H and O–H groups in total. The lowest BCUT2D eigenvalue weighted by atomic mass is 9.89. The Morgan fingerprint density at radius 1 is 1.11 bits per heavy atom. The number of sulfone groups is 1. The number of benzene rings is 1. The molecular weight excluding hydrogens is 364 g/mol. The second-order valence-electron chi connectivity index (χ2n) is 7.94. The van der Waals surface area contributed by atoms with Crippen molar-refractivity contribution in [2.24, 2.45) is 5.92 Å². The highest BCUT2D eigenvalue weighted by Gasteiger charge is 2.34. The highest BCUT2D eigenvalue weighted by Crippen LogP contribution is 2.44. The first-order valence-corrected chi connectivity index (χ1v) is 11.4. The molecule has 1 saturated carbocycles. The Balaban J connectivity index is 1.50. The summed E-state index contributed by atoms with van der Waals surface area (Å²) in [7, 11) is -3.03. The summed E-state index contributed by atoms with van der Waals surface area (Å²) in [5.74, 6) is 0.355. The minimum atomic E-state index is -3.03. The number of nitrogens with one attached hydrogen (secondary N) is 2. The zero-order valence-electron chi connectivity index (χ0n) is 16.0. The Morgan fingerprint density at radius 3 is 2.44 bits per heavy atom. The second-order valence-corrected chi connectivity index (χ2v) is 10.2. The van der Waals surface area contributed by atoms with Crippen LogP contribution >= 0.6 is 0 Å². The highest BCUT2D eigenvalue weighted by atomic mass is 32.2. The van der Waals surface area contributed by atoms with Gasteiger partial charge in [-0.2, -0.15) is 0 Å². The van der Waals surface area contributed by atoms with Crippen molar-refractivity contribution < 1.29 is 18.0 Å². The molecule has 1 heterocycles. The van der Waals surface area contributed by atoms with Gasteiger partial charge in [0.25, 0.3) is 0 Å². The standard InChI is InChI=1S/C20H28N2O4S/c1-13-3-4-16(9-14(13)2)18(15-5-6-15)10-19(23)21-11-20(24)22-17-7-8-27(25,26)12-17/h3-4,9,15,17-18H,5-8,10-12H2,1-2H3,(H,21,23)(H,22,24). The van der Waals surface area contributed by atoms with E-state index in [1.54, 1.807) is 0 Å². The fraction of sp³-hybridized carbons (Fsp3) is 0.600. The minimum Gasteiger partial charge on any atom is -0.351 e. The van der Waals surface area contributed by atoms with Crippen molar-refractivity contribution in [1.82, 2.24) is 10.6 Å². The first-order chi connectivity index (χ1) is 12.7. The van der Waals surface area contributed by atoms with E-state index in [0.29, 0.717) is 18.8 Å². The summed E-state index contributed by atoms with van der Waals surface area (Å²) in [6, 6.07) is 6.03. The smallest absolute Gasteiger partial charge is 0.239 e. The molecule has 1 aromatic rings. The van der Waals surface area contributed by atoms with Crippen LogP contribution in [0.15, 0.2) is 18.2 Å². The average molecular weight is 393 g/mol. The molecule has 2 amide bonds. The number of aryl methyl sites for hydroxylation is 2. The van der Waals surface area contributed by atoms with E-state index in [1.165, 1.54) is 16.7 Å². The van der Waals surface area contributed by atoms with Gasteiger partial charge in [0.05, 0.1) is 18.1 Å². The summed E-state index contributed by atoms with van der Waals surface area (Å²) in [5, 5.41) is 5.38. The third kappa shape index (κ3) is 5.54. The minimum absolute atomic E-state index is 0.0107. The van der Waals surface area contributed by atoms with Crippen molar-refractivity contribution in [2.75, 3.05) is 18.1 Å². The molecule has 0 radical (unpaired) electrons. The van der Waals surface area contributed by atoms with Gasteiger partial charge < -0.3 is 10.6 Å². The number of carbonyl (C=O) groups excluding carboxylic acids is 2. The Bertz CT molecular complexity index is 830. The van der Waals surface area contributed by atoms with Crippen LogP contribution in [0.1, 0.15) is 48.3 Å². The Hall–Kier alpha value is -1.89. The molecule has 6 nitrogen and oxygen atoms in total. The highest BCUT2D eigenvalue weighted by molar-refractivity contribution is 7.91. The molecule has 2 fully saturated rings. The van der Waals surface area contributed by atoms with Gasteiger partial charge in [0.15, 0.2) is 9.84 Å².